The maximum atomic E-state index is 12.3. The molecule has 6 heteroatoms. The zero-order chi connectivity index (χ0) is 15.3. The van der Waals surface area contributed by atoms with Gasteiger partial charge in [-0.15, -0.1) is 0 Å². The average Bonchev–Trinajstić information content (AvgIpc) is 3.27. The Labute approximate surface area is 129 Å². The predicted molar refractivity (Wildman–Crippen MR) is 82.6 cm³/mol. The minimum absolute atomic E-state index is 0.0498. The van der Waals surface area contributed by atoms with Gasteiger partial charge in [-0.1, -0.05) is 0 Å². The van der Waals surface area contributed by atoms with E-state index in [1.165, 1.54) is 0 Å². The van der Waals surface area contributed by atoms with E-state index in [0.29, 0.717) is 12.5 Å². The monoisotopic (exact) mass is 299 g/mol. The molecular formula is C16H21N5O. The van der Waals surface area contributed by atoms with E-state index in [0.717, 1.165) is 60.8 Å². The van der Waals surface area contributed by atoms with E-state index in [9.17, 15) is 4.79 Å². The lowest BCUT2D eigenvalue weighted by molar-refractivity contribution is 0.238. The van der Waals surface area contributed by atoms with Crippen LogP contribution in [0.4, 0.5) is 0 Å². The number of aromatic nitrogens is 4. The topological polar surface area (TPSA) is 66.8 Å². The van der Waals surface area contributed by atoms with Crippen LogP contribution in [0.15, 0.2) is 10.9 Å². The van der Waals surface area contributed by atoms with Crippen LogP contribution in [0.25, 0.3) is 0 Å². The highest BCUT2D eigenvalue weighted by Gasteiger charge is 2.29. The lowest BCUT2D eigenvalue weighted by atomic mass is 10.1. The molecule has 0 atom stereocenters. The molecule has 0 unspecified atom stereocenters. The number of rotatable bonds is 3. The molecule has 2 aromatic rings. The zero-order valence-electron chi connectivity index (χ0n) is 13.1. The fourth-order valence-electron chi connectivity index (χ4n) is 3.13. The number of nitrogens with one attached hydrogen (secondary N) is 1. The summed E-state index contributed by atoms with van der Waals surface area (Å²) in [6.45, 7) is 4.43. The van der Waals surface area contributed by atoms with Gasteiger partial charge in [0.2, 0.25) is 0 Å². The molecule has 22 heavy (non-hydrogen) atoms. The molecule has 2 aromatic heterocycles. The number of aromatic amines is 1. The van der Waals surface area contributed by atoms with Crippen molar-refractivity contribution in [3.05, 3.63) is 44.9 Å². The Hall–Kier alpha value is -1.95. The smallest absolute Gasteiger partial charge is 0.255 e. The van der Waals surface area contributed by atoms with Gasteiger partial charge in [0, 0.05) is 44.7 Å². The minimum Gasteiger partial charge on any atom is -0.310 e. The summed E-state index contributed by atoms with van der Waals surface area (Å²) < 4.78 is 1.89. The molecule has 6 nitrogen and oxygen atoms in total. The zero-order valence-corrected chi connectivity index (χ0v) is 13.1. The van der Waals surface area contributed by atoms with E-state index in [1.54, 1.807) is 0 Å². The summed E-state index contributed by atoms with van der Waals surface area (Å²) in [5, 5.41) is 4.50. The van der Waals surface area contributed by atoms with Gasteiger partial charge in [-0.3, -0.25) is 14.4 Å². The molecule has 1 fully saturated rings. The van der Waals surface area contributed by atoms with Gasteiger partial charge in [-0.25, -0.2) is 4.98 Å². The fourth-order valence-corrected chi connectivity index (χ4v) is 3.13. The first kappa shape index (κ1) is 13.7. The third-order valence-electron chi connectivity index (χ3n) is 4.68. The lowest BCUT2D eigenvalue weighted by Gasteiger charge is -2.27. The molecule has 3 heterocycles. The number of H-pyrrole nitrogens is 1. The van der Waals surface area contributed by atoms with Gasteiger partial charge in [0.05, 0.1) is 17.0 Å². The largest absolute Gasteiger partial charge is 0.310 e. The first-order valence-corrected chi connectivity index (χ1v) is 7.94. The Morgan fingerprint density at radius 2 is 2.23 bits per heavy atom. The molecule has 2 aliphatic rings. The summed E-state index contributed by atoms with van der Waals surface area (Å²) >= 11 is 0. The van der Waals surface area contributed by atoms with Gasteiger partial charge in [0.1, 0.15) is 5.82 Å². The van der Waals surface area contributed by atoms with Crippen LogP contribution in [0.5, 0.6) is 0 Å². The fraction of sp³-hybridized carbons (Fsp3) is 0.562. The van der Waals surface area contributed by atoms with E-state index < -0.39 is 0 Å². The van der Waals surface area contributed by atoms with Crippen LogP contribution in [0.3, 0.4) is 0 Å². The number of nitrogens with zero attached hydrogens (tertiary/aromatic N) is 4. The second-order valence-electron chi connectivity index (χ2n) is 6.51. The average molecular weight is 299 g/mol. The Morgan fingerprint density at radius 3 is 2.91 bits per heavy atom. The molecule has 0 bridgehead atoms. The normalized spacial score (nSPS) is 18.5. The van der Waals surface area contributed by atoms with Crippen molar-refractivity contribution in [1.29, 1.82) is 0 Å². The van der Waals surface area contributed by atoms with E-state index in [1.807, 2.05) is 11.7 Å². The SMILES string of the molecule is Cc1cc(CN2CCc3nc(C4CC4)[nH]c(=O)c3C2)nn1C. The van der Waals surface area contributed by atoms with Crippen LogP contribution in [-0.2, 0) is 26.6 Å². The molecule has 0 amide bonds. The standard InChI is InChI=1S/C16H21N5O/c1-10-7-12(19-20(10)2)8-21-6-5-14-13(9-21)16(22)18-15(17-14)11-3-4-11/h7,11H,3-6,8-9H2,1-2H3,(H,17,18,22). The number of aryl methyl sites for hydroxylation is 2. The Kier molecular flexibility index (Phi) is 3.14. The Balaban J connectivity index is 1.55. The number of hydrogen-bond donors (Lipinski definition) is 1. The highest BCUT2D eigenvalue weighted by molar-refractivity contribution is 5.23. The van der Waals surface area contributed by atoms with Gasteiger partial charge in [0.25, 0.3) is 5.56 Å². The van der Waals surface area contributed by atoms with Gasteiger partial charge in [-0.05, 0) is 25.8 Å². The molecule has 0 aromatic carbocycles. The maximum absolute atomic E-state index is 12.3. The van der Waals surface area contributed by atoms with Crippen molar-refractivity contribution >= 4 is 0 Å². The van der Waals surface area contributed by atoms with Crippen molar-refractivity contribution in [2.75, 3.05) is 6.54 Å². The molecule has 1 saturated carbocycles. The van der Waals surface area contributed by atoms with Crippen LogP contribution in [0.1, 0.15) is 47.2 Å². The number of hydrogen-bond acceptors (Lipinski definition) is 4. The van der Waals surface area contributed by atoms with Crippen LogP contribution >= 0.6 is 0 Å². The molecule has 0 spiro atoms. The molecular weight excluding hydrogens is 278 g/mol. The molecule has 0 radical (unpaired) electrons. The van der Waals surface area contributed by atoms with Gasteiger partial charge in [0.15, 0.2) is 0 Å². The Morgan fingerprint density at radius 1 is 1.41 bits per heavy atom. The second-order valence-corrected chi connectivity index (χ2v) is 6.51. The van der Waals surface area contributed by atoms with E-state index in [-0.39, 0.29) is 5.56 Å². The third kappa shape index (κ3) is 2.47. The molecule has 1 N–H and O–H groups in total. The first-order chi connectivity index (χ1) is 10.6. The second kappa shape index (κ2) is 5.05. The van der Waals surface area contributed by atoms with Gasteiger partial charge in [-0.2, -0.15) is 5.10 Å². The van der Waals surface area contributed by atoms with Crippen molar-refractivity contribution in [2.24, 2.45) is 7.05 Å². The predicted octanol–water partition coefficient (Wildman–Crippen LogP) is 1.25. The van der Waals surface area contributed by atoms with E-state index in [4.69, 9.17) is 4.98 Å². The molecule has 1 aliphatic heterocycles. The van der Waals surface area contributed by atoms with Gasteiger partial charge >= 0.3 is 0 Å². The first-order valence-electron chi connectivity index (χ1n) is 7.94. The summed E-state index contributed by atoms with van der Waals surface area (Å²) in [5.41, 5.74) is 4.10. The van der Waals surface area contributed by atoms with Gasteiger partial charge < -0.3 is 4.98 Å². The van der Waals surface area contributed by atoms with Crippen LogP contribution < -0.4 is 5.56 Å². The van der Waals surface area contributed by atoms with Crippen molar-refractivity contribution in [3.63, 3.8) is 0 Å². The summed E-state index contributed by atoms with van der Waals surface area (Å²) in [7, 11) is 1.96. The summed E-state index contributed by atoms with van der Waals surface area (Å²) in [4.78, 5) is 22.3. The quantitative estimate of drug-likeness (QED) is 0.926. The van der Waals surface area contributed by atoms with Crippen LogP contribution in [-0.4, -0.2) is 31.2 Å². The lowest BCUT2D eigenvalue weighted by Crippen LogP contribution is -2.35. The van der Waals surface area contributed by atoms with Crippen molar-refractivity contribution in [3.8, 4) is 0 Å². The third-order valence-corrected chi connectivity index (χ3v) is 4.68. The number of fused-ring (bicyclic) bond motifs is 1. The molecule has 116 valence electrons. The molecule has 0 saturated heterocycles. The highest BCUT2D eigenvalue weighted by Crippen LogP contribution is 2.37. The van der Waals surface area contributed by atoms with Crippen molar-refractivity contribution in [1.82, 2.24) is 24.6 Å². The van der Waals surface area contributed by atoms with Crippen molar-refractivity contribution in [2.45, 2.75) is 45.2 Å². The minimum atomic E-state index is 0.0498. The Bertz CT molecular complexity index is 752. The highest BCUT2D eigenvalue weighted by atomic mass is 16.1. The summed E-state index contributed by atoms with van der Waals surface area (Å²) in [6.07, 6.45) is 3.17. The van der Waals surface area contributed by atoms with Crippen LogP contribution in [0.2, 0.25) is 0 Å². The molecule has 4 rings (SSSR count). The van der Waals surface area contributed by atoms with Crippen molar-refractivity contribution < 1.29 is 0 Å². The molecule has 1 aliphatic carbocycles. The summed E-state index contributed by atoms with van der Waals surface area (Å²) in [5.74, 6) is 1.39. The van der Waals surface area contributed by atoms with E-state index >= 15 is 0 Å². The maximum Gasteiger partial charge on any atom is 0.255 e. The summed E-state index contributed by atoms with van der Waals surface area (Å²) in [6, 6.07) is 2.11. The van der Waals surface area contributed by atoms with E-state index in [2.05, 4.69) is 28.0 Å². The van der Waals surface area contributed by atoms with Crippen LogP contribution in [0, 0.1) is 6.92 Å².